The SMILES string of the molecule is CC(NCC(C)(C)CCO)c1cc2cc(Br)ccc2o1. The highest BCUT2D eigenvalue weighted by Crippen LogP contribution is 2.27. The summed E-state index contributed by atoms with van der Waals surface area (Å²) in [6.07, 6.45) is 0.791. The van der Waals surface area contributed by atoms with Gasteiger partial charge in [-0.1, -0.05) is 29.8 Å². The van der Waals surface area contributed by atoms with Crippen molar-refractivity contribution in [2.45, 2.75) is 33.2 Å². The first-order chi connectivity index (χ1) is 9.41. The average molecular weight is 340 g/mol. The topological polar surface area (TPSA) is 45.4 Å². The Bertz CT molecular complexity index is 577. The number of hydrogen-bond donors (Lipinski definition) is 2. The molecule has 2 aromatic rings. The van der Waals surface area contributed by atoms with E-state index in [1.807, 2.05) is 12.1 Å². The second-order valence-electron chi connectivity index (χ2n) is 6.07. The largest absolute Gasteiger partial charge is 0.459 e. The van der Waals surface area contributed by atoms with Crippen LogP contribution in [0.4, 0.5) is 0 Å². The molecule has 0 fully saturated rings. The number of fused-ring (bicyclic) bond motifs is 1. The standard InChI is InChI=1S/C16H22BrNO2/c1-11(18-10-16(2,3)6-7-19)15-9-12-8-13(17)4-5-14(12)20-15/h4-5,8-9,11,18-19H,6-7,10H2,1-3H3. The van der Waals surface area contributed by atoms with Crippen LogP contribution in [0.25, 0.3) is 11.0 Å². The third kappa shape index (κ3) is 3.84. The van der Waals surface area contributed by atoms with Crippen LogP contribution < -0.4 is 5.32 Å². The van der Waals surface area contributed by atoms with Gasteiger partial charge in [-0.2, -0.15) is 0 Å². The van der Waals surface area contributed by atoms with Crippen molar-refractivity contribution in [1.29, 1.82) is 0 Å². The molecule has 1 heterocycles. The van der Waals surface area contributed by atoms with Crippen LogP contribution in [-0.4, -0.2) is 18.3 Å². The van der Waals surface area contributed by atoms with Crippen molar-refractivity contribution in [3.8, 4) is 0 Å². The number of hydrogen-bond acceptors (Lipinski definition) is 3. The summed E-state index contributed by atoms with van der Waals surface area (Å²) < 4.78 is 6.93. The van der Waals surface area contributed by atoms with Gasteiger partial charge in [0.2, 0.25) is 0 Å². The highest BCUT2D eigenvalue weighted by molar-refractivity contribution is 9.10. The molecule has 1 atom stereocenters. The van der Waals surface area contributed by atoms with E-state index in [0.29, 0.717) is 0 Å². The number of benzene rings is 1. The number of nitrogens with one attached hydrogen (secondary N) is 1. The first kappa shape index (κ1) is 15.5. The number of furan rings is 1. The van der Waals surface area contributed by atoms with Crippen LogP contribution in [-0.2, 0) is 0 Å². The summed E-state index contributed by atoms with van der Waals surface area (Å²) in [5, 5.41) is 13.6. The molecule has 1 aromatic heterocycles. The Balaban J connectivity index is 2.05. The summed E-state index contributed by atoms with van der Waals surface area (Å²) in [7, 11) is 0. The van der Waals surface area contributed by atoms with Gasteiger partial charge in [0.05, 0.1) is 6.04 Å². The highest BCUT2D eigenvalue weighted by atomic mass is 79.9. The van der Waals surface area contributed by atoms with E-state index >= 15 is 0 Å². The molecular formula is C16H22BrNO2. The number of aliphatic hydroxyl groups is 1. The molecule has 3 nitrogen and oxygen atoms in total. The third-order valence-corrected chi connectivity index (χ3v) is 4.09. The Labute approximate surface area is 128 Å². The van der Waals surface area contributed by atoms with Gasteiger partial charge in [-0.15, -0.1) is 0 Å². The molecule has 4 heteroatoms. The van der Waals surface area contributed by atoms with Gasteiger partial charge in [0.15, 0.2) is 0 Å². The second kappa shape index (κ2) is 6.29. The summed E-state index contributed by atoms with van der Waals surface area (Å²) >= 11 is 3.47. The molecule has 1 unspecified atom stereocenters. The molecule has 110 valence electrons. The van der Waals surface area contributed by atoms with Crippen molar-refractivity contribution in [3.63, 3.8) is 0 Å². The van der Waals surface area contributed by atoms with Crippen molar-refractivity contribution in [1.82, 2.24) is 5.32 Å². The van der Waals surface area contributed by atoms with E-state index in [1.165, 1.54) is 0 Å². The summed E-state index contributed by atoms with van der Waals surface area (Å²) in [5.74, 6) is 0.942. The summed E-state index contributed by atoms with van der Waals surface area (Å²) in [6, 6.07) is 8.25. The maximum absolute atomic E-state index is 9.05. The van der Waals surface area contributed by atoms with E-state index in [-0.39, 0.29) is 18.1 Å². The van der Waals surface area contributed by atoms with Gasteiger partial charge in [-0.05, 0) is 43.0 Å². The molecule has 2 N–H and O–H groups in total. The molecule has 0 saturated heterocycles. The maximum atomic E-state index is 9.05. The van der Waals surface area contributed by atoms with Crippen molar-refractivity contribution in [2.24, 2.45) is 5.41 Å². The van der Waals surface area contributed by atoms with Crippen LogP contribution in [0, 0.1) is 5.41 Å². The Morgan fingerprint density at radius 3 is 2.80 bits per heavy atom. The molecule has 0 aliphatic heterocycles. The lowest BCUT2D eigenvalue weighted by Gasteiger charge is -2.25. The van der Waals surface area contributed by atoms with Crippen LogP contribution in [0.5, 0.6) is 0 Å². The summed E-state index contributed by atoms with van der Waals surface area (Å²) in [4.78, 5) is 0. The van der Waals surface area contributed by atoms with Crippen molar-refractivity contribution < 1.29 is 9.52 Å². The van der Waals surface area contributed by atoms with Gasteiger partial charge in [0.1, 0.15) is 11.3 Å². The lowest BCUT2D eigenvalue weighted by molar-refractivity contribution is 0.202. The van der Waals surface area contributed by atoms with Crippen LogP contribution in [0.2, 0.25) is 0 Å². The first-order valence-corrected chi connectivity index (χ1v) is 7.74. The monoisotopic (exact) mass is 339 g/mol. The minimum Gasteiger partial charge on any atom is -0.459 e. The third-order valence-electron chi connectivity index (χ3n) is 3.60. The zero-order valence-electron chi connectivity index (χ0n) is 12.2. The van der Waals surface area contributed by atoms with Crippen LogP contribution in [0.1, 0.15) is 39.0 Å². The van der Waals surface area contributed by atoms with Gasteiger partial charge in [0.25, 0.3) is 0 Å². The number of rotatable bonds is 6. The highest BCUT2D eigenvalue weighted by Gasteiger charge is 2.19. The fourth-order valence-corrected chi connectivity index (χ4v) is 2.55. The zero-order valence-corrected chi connectivity index (χ0v) is 13.8. The Morgan fingerprint density at radius 2 is 2.10 bits per heavy atom. The average Bonchev–Trinajstić information content (AvgIpc) is 2.79. The fraction of sp³-hybridized carbons (Fsp3) is 0.500. The van der Waals surface area contributed by atoms with Gasteiger partial charge >= 0.3 is 0 Å². The lowest BCUT2D eigenvalue weighted by atomic mass is 9.89. The lowest BCUT2D eigenvalue weighted by Crippen LogP contribution is -2.31. The number of halogens is 1. The van der Waals surface area contributed by atoms with Crippen molar-refractivity contribution >= 4 is 26.9 Å². The second-order valence-corrected chi connectivity index (χ2v) is 6.99. The maximum Gasteiger partial charge on any atom is 0.134 e. The minimum atomic E-state index is 0.0814. The quantitative estimate of drug-likeness (QED) is 0.826. The van der Waals surface area contributed by atoms with Gasteiger partial charge in [-0.25, -0.2) is 0 Å². The molecule has 1 aromatic carbocycles. The Hall–Kier alpha value is -0.840. The van der Waals surface area contributed by atoms with Gasteiger partial charge < -0.3 is 14.8 Å². The van der Waals surface area contributed by atoms with Gasteiger partial charge in [-0.3, -0.25) is 0 Å². The molecule has 0 aliphatic carbocycles. The molecule has 2 rings (SSSR count). The van der Waals surface area contributed by atoms with Crippen molar-refractivity contribution in [2.75, 3.05) is 13.2 Å². The summed E-state index contributed by atoms with van der Waals surface area (Å²) in [6.45, 7) is 7.47. The Kier molecular flexibility index (Phi) is 4.89. The van der Waals surface area contributed by atoms with Crippen LogP contribution >= 0.6 is 15.9 Å². The predicted molar refractivity (Wildman–Crippen MR) is 85.8 cm³/mol. The van der Waals surface area contributed by atoms with E-state index in [2.05, 4.69) is 54.2 Å². The normalized spacial score (nSPS) is 13.8. The molecule has 0 saturated carbocycles. The van der Waals surface area contributed by atoms with E-state index in [0.717, 1.165) is 34.2 Å². The number of aliphatic hydroxyl groups excluding tert-OH is 1. The van der Waals surface area contributed by atoms with Crippen LogP contribution in [0.3, 0.4) is 0 Å². The minimum absolute atomic E-state index is 0.0814. The molecule has 20 heavy (non-hydrogen) atoms. The van der Waals surface area contributed by atoms with Crippen LogP contribution in [0.15, 0.2) is 33.2 Å². The Morgan fingerprint density at radius 1 is 1.35 bits per heavy atom. The predicted octanol–water partition coefficient (Wildman–Crippen LogP) is 4.25. The molecule has 0 bridgehead atoms. The molecular weight excluding hydrogens is 318 g/mol. The first-order valence-electron chi connectivity index (χ1n) is 6.94. The smallest absolute Gasteiger partial charge is 0.134 e. The van der Waals surface area contributed by atoms with Gasteiger partial charge in [0, 0.05) is 23.0 Å². The molecule has 0 radical (unpaired) electrons. The summed E-state index contributed by atoms with van der Waals surface area (Å²) in [5.41, 5.74) is 0.990. The fourth-order valence-electron chi connectivity index (χ4n) is 2.17. The van der Waals surface area contributed by atoms with Crippen molar-refractivity contribution in [3.05, 3.63) is 34.5 Å². The van der Waals surface area contributed by atoms with E-state index < -0.39 is 0 Å². The molecule has 0 aliphatic rings. The molecule has 0 amide bonds. The van der Waals surface area contributed by atoms with E-state index in [4.69, 9.17) is 9.52 Å². The van der Waals surface area contributed by atoms with E-state index in [1.54, 1.807) is 0 Å². The molecule has 0 spiro atoms. The zero-order chi connectivity index (χ0) is 14.8. The van der Waals surface area contributed by atoms with E-state index in [9.17, 15) is 0 Å².